The fourth-order valence-corrected chi connectivity index (χ4v) is 1.69. The molecule has 0 radical (unpaired) electrons. The van der Waals surface area contributed by atoms with E-state index in [0.717, 1.165) is 0 Å². The Labute approximate surface area is 110 Å². The summed E-state index contributed by atoms with van der Waals surface area (Å²) >= 11 is 0. The Morgan fingerprint density at radius 2 is 2.37 bits per heavy atom. The molecule has 19 heavy (non-hydrogen) atoms. The average molecular weight is 261 g/mol. The molecule has 1 unspecified atom stereocenters. The van der Waals surface area contributed by atoms with E-state index in [9.17, 15) is 10.0 Å². The first kappa shape index (κ1) is 12.9. The molecule has 0 saturated heterocycles. The van der Waals surface area contributed by atoms with Gasteiger partial charge in [0.15, 0.2) is 5.96 Å². The molecule has 0 spiro atoms. The molecule has 1 aromatic carbocycles. The third-order valence-electron chi connectivity index (χ3n) is 2.67. The van der Waals surface area contributed by atoms with E-state index in [1.807, 2.05) is 0 Å². The van der Waals surface area contributed by atoms with Crippen molar-refractivity contribution < 1.29 is 5.11 Å². The SMILES string of the molecule is C=C(N)c1cc(O)cc(NC2=NCC(N=O)CN2)c1. The molecule has 1 aliphatic rings. The van der Waals surface area contributed by atoms with E-state index in [0.29, 0.717) is 36.0 Å². The van der Waals surface area contributed by atoms with Crippen LogP contribution in [0.25, 0.3) is 5.70 Å². The Bertz CT molecular complexity index is 541. The highest BCUT2D eigenvalue weighted by Gasteiger charge is 2.15. The maximum Gasteiger partial charge on any atom is 0.195 e. The zero-order valence-electron chi connectivity index (χ0n) is 10.3. The molecule has 100 valence electrons. The Balaban J connectivity index is 2.13. The standard InChI is InChI=1S/C12H15N5O2/c1-7(13)8-2-9(4-11(18)3-8)16-12-14-5-10(17-19)6-15-12/h2-4,10,18H,1,5-6,13H2,(H2,14,15,16). The Hall–Kier alpha value is -2.57. The molecule has 7 nitrogen and oxygen atoms in total. The second-order valence-electron chi connectivity index (χ2n) is 4.25. The minimum Gasteiger partial charge on any atom is -0.508 e. The van der Waals surface area contributed by atoms with Crippen LogP contribution in [0.2, 0.25) is 0 Å². The first-order chi connectivity index (χ1) is 9.08. The van der Waals surface area contributed by atoms with Gasteiger partial charge in [-0.05, 0) is 12.1 Å². The lowest BCUT2D eigenvalue weighted by molar-refractivity contribution is 0.475. The summed E-state index contributed by atoms with van der Waals surface area (Å²) in [6, 6.07) is 4.47. The number of rotatable bonds is 3. The van der Waals surface area contributed by atoms with Gasteiger partial charge in [-0.2, -0.15) is 4.91 Å². The number of nitroso groups, excluding NO2 is 1. The van der Waals surface area contributed by atoms with Gasteiger partial charge in [0, 0.05) is 29.6 Å². The molecule has 2 rings (SSSR count). The Morgan fingerprint density at radius 3 is 2.95 bits per heavy atom. The second-order valence-corrected chi connectivity index (χ2v) is 4.25. The van der Waals surface area contributed by atoms with Crippen LogP contribution < -0.4 is 16.4 Å². The normalized spacial score (nSPS) is 18.1. The van der Waals surface area contributed by atoms with Crippen LogP contribution in [0.1, 0.15) is 5.56 Å². The summed E-state index contributed by atoms with van der Waals surface area (Å²) < 4.78 is 0. The van der Waals surface area contributed by atoms with Crippen LogP contribution in [0, 0.1) is 4.91 Å². The van der Waals surface area contributed by atoms with Crippen molar-refractivity contribution in [2.24, 2.45) is 15.9 Å². The van der Waals surface area contributed by atoms with Gasteiger partial charge in [0.1, 0.15) is 11.8 Å². The van der Waals surface area contributed by atoms with Gasteiger partial charge < -0.3 is 21.5 Å². The van der Waals surface area contributed by atoms with Gasteiger partial charge in [-0.1, -0.05) is 11.8 Å². The summed E-state index contributed by atoms with van der Waals surface area (Å²) in [6.45, 7) is 4.40. The summed E-state index contributed by atoms with van der Waals surface area (Å²) in [5, 5.41) is 18.5. The Kier molecular flexibility index (Phi) is 3.65. The van der Waals surface area contributed by atoms with E-state index in [-0.39, 0.29) is 11.8 Å². The maximum absolute atomic E-state index is 10.4. The highest BCUT2D eigenvalue weighted by Crippen LogP contribution is 2.22. The lowest BCUT2D eigenvalue weighted by Gasteiger charge is -2.19. The monoisotopic (exact) mass is 261 g/mol. The van der Waals surface area contributed by atoms with Crippen molar-refractivity contribution in [1.82, 2.24) is 5.32 Å². The van der Waals surface area contributed by atoms with Crippen LogP contribution in [0.15, 0.2) is 34.9 Å². The van der Waals surface area contributed by atoms with Crippen molar-refractivity contribution in [3.8, 4) is 5.75 Å². The average Bonchev–Trinajstić information content (AvgIpc) is 2.39. The van der Waals surface area contributed by atoms with E-state index in [4.69, 9.17) is 5.73 Å². The molecule has 7 heteroatoms. The summed E-state index contributed by atoms with van der Waals surface area (Å²) in [5.41, 5.74) is 7.22. The number of benzene rings is 1. The van der Waals surface area contributed by atoms with Crippen LogP contribution in [-0.4, -0.2) is 30.2 Å². The number of phenols is 1. The minimum atomic E-state index is -0.339. The first-order valence-electron chi connectivity index (χ1n) is 5.75. The van der Waals surface area contributed by atoms with Gasteiger partial charge >= 0.3 is 0 Å². The summed E-state index contributed by atoms with van der Waals surface area (Å²) in [7, 11) is 0. The first-order valence-corrected chi connectivity index (χ1v) is 5.75. The van der Waals surface area contributed by atoms with E-state index in [2.05, 4.69) is 27.4 Å². The summed E-state index contributed by atoms with van der Waals surface area (Å²) in [4.78, 5) is 14.5. The van der Waals surface area contributed by atoms with Crippen LogP contribution in [0.5, 0.6) is 5.75 Å². The number of aromatic hydroxyl groups is 1. The van der Waals surface area contributed by atoms with Gasteiger partial charge in [-0.15, -0.1) is 0 Å². The number of aliphatic imine (C=N–C) groups is 1. The number of nitrogens with one attached hydrogen (secondary N) is 2. The van der Waals surface area contributed by atoms with Gasteiger partial charge in [0.05, 0.1) is 6.54 Å². The number of hydrogen-bond acceptors (Lipinski definition) is 7. The highest BCUT2D eigenvalue weighted by atomic mass is 16.3. The molecule has 1 atom stereocenters. The smallest absolute Gasteiger partial charge is 0.195 e. The molecular formula is C12H15N5O2. The Morgan fingerprint density at radius 1 is 1.58 bits per heavy atom. The van der Waals surface area contributed by atoms with Gasteiger partial charge in [-0.25, -0.2) is 0 Å². The molecule has 1 aliphatic heterocycles. The number of nitrogens with two attached hydrogens (primary N) is 1. The van der Waals surface area contributed by atoms with E-state index < -0.39 is 0 Å². The lowest BCUT2D eigenvalue weighted by Crippen LogP contribution is -2.41. The number of phenolic OH excluding ortho intramolecular Hbond substituents is 1. The minimum absolute atomic E-state index is 0.0791. The third-order valence-corrected chi connectivity index (χ3v) is 2.67. The van der Waals surface area contributed by atoms with Gasteiger partial charge in [-0.3, -0.25) is 4.99 Å². The van der Waals surface area contributed by atoms with E-state index >= 15 is 0 Å². The van der Waals surface area contributed by atoms with E-state index in [1.165, 1.54) is 6.07 Å². The van der Waals surface area contributed by atoms with Crippen molar-refractivity contribution in [2.45, 2.75) is 6.04 Å². The molecule has 0 amide bonds. The zero-order valence-corrected chi connectivity index (χ0v) is 10.3. The number of nitrogens with zero attached hydrogens (tertiary/aromatic N) is 2. The quantitative estimate of drug-likeness (QED) is 0.602. The zero-order chi connectivity index (χ0) is 13.8. The van der Waals surface area contributed by atoms with Crippen molar-refractivity contribution >= 4 is 17.3 Å². The van der Waals surface area contributed by atoms with Crippen molar-refractivity contribution in [3.63, 3.8) is 0 Å². The maximum atomic E-state index is 10.4. The van der Waals surface area contributed by atoms with Crippen LogP contribution in [0.3, 0.4) is 0 Å². The molecule has 0 bridgehead atoms. The molecule has 0 saturated carbocycles. The molecule has 0 fully saturated rings. The van der Waals surface area contributed by atoms with Crippen LogP contribution in [-0.2, 0) is 0 Å². The molecule has 1 aromatic rings. The fraction of sp³-hybridized carbons (Fsp3) is 0.250. The molecule has 0 aliphatic carbocycles. The van der Waals surface area contributed by atoms with Crippen LogP contribution >= 0.6 is 0 Å². The second kappa shape index (κ2) is 5.38. The van der Waals surface area contributed by atoms with Gasteiger partial charge in [0.2, 0.25) is 0 Å². The van der Waals surface area contributed by atoms with Crippen molar-refractivity contribution in [1.29, 1.82) is 0 Å². The number of anilines is 1. The summed E-state index contributed by atoms with van der Waals surface area (Å²) in [5.74, 6) is 0.606. The predicted molar refractivity (Wildman–Crippen MR) is 74.8 cm³/mol. The largest absolute Gasteiger partial charge is 0.508 e. The fourth-order valence-electron chi connectivity index (χ4n) is 1.69. The van der Waals surface area contributed by atoms with Gasteiger partial charge in [0.25, 0.3) is 0 Å². The topological polar surface area (TPSA) is 112 Å². The highest BCUT2D eigenvalue weighted by molar-refractivity contribution is 5.94. The predicted octanol–water partition coefficient (Wildman–Crippen LogP) is 0.828. The molecule has 0 aromatic heterocycles. The summed E-state index contributed by atoms with van der Waals surface area (Å²) in [6.07, 6.45) is 0. The molecule has 1 heterocycles. The van der Waals surface area contributed by atoms with Crippen LogP contribution in [0.4, 0.5) is 5.69 Å². The molecular weight excluding hydrogens is 246 g/mol. The van der Waals surface area contributed by atoms with Crippen molar-refractivity contribution in [3.05, 3.63) is 35.2 Å². The van der Waals surface area contributed by atoms with E-state index in [1.54, 1.807) is 12.1 Å². The van der Waals surface area contributed by atoms with Crippen molar-refractivity contribution in [2.75, 3.05) is 18.4 Å². The number of guanidine groups is 1. The third kappa shape index (κ3) is 3.21. The lowest BCUT2D eigenvalue weighted by atomic mass is 10.1. The molecule has 5 N–H and O–H groups in total. The number of hydrogen-bond donors (Lipinski definition) is 4.